The highest BCUT2D eigenvalue weighted by atomic mass is 19.1. The molecule has 31 heavy (non-hydrogen) atoms. The van der Waals surface area contributed by atoms with Crippen molar-refractivity contribution in [3.63, 3.8) is 0 Å². The molecule has 0 spiro atoms. The van der Waals surface area contributed by atoms with Crippen molar-refractivity contribution in [2.75, 3.05) is 14.2 Å². The molecule has 160 valence electrons. The molecule has 1 unspecified atom stereocenters. The van der Waals surface area contributed by atoms with Crippen molar-refractivity contribution in [2.45, 2.75) is 32.1 Å². The second kappa shape index (κ2) is 8.93. The van der Waals surface area contributed by atoms with Gasteiger partial charge in [0.2, 0.25) is 0 Å². The lowest BCUT2D eigenvalue weighted by atomic mass is 9.73. The number of hydrogen-bond acceptors (Lipinski definition) is 2. The van der Waals surface area contributed by atoms with E-state index in [2.05, 4.69) is 6.92 Å². The monoisotopic (exact) mass is 420 g/mol. The summed E-state index contributed by atoms with van der Waals surface area (Å²) in [7, 11) is 3.17. The van der Waals surface area contributed by atoms with E-state index < -0.39 is 0 Å². The summed E-state index contributed by atoms with van der Waals surface area (Å²) in [6.07, 6.45) is 1.88. The first-order valence-electron chi connectivity index (χ1n) is 10.5. The third kappa shape index (κ3) is 4.07. The van der Waals surface area contributed by atoms with Crippen LogP contribution in [0.2, 0.25) is 0 Å². The first-order chi connectivity index (χ1) is 15.0. The van der Waals surface area contributed by atoms with Crippen molar-refractivity contribution in [3.8, 4) is 11.5 Å². The largest absolute Gasteiger partial charge is 0.497 e. The van der Waals surface area contributed by atoms with E-state index >= 15 is 4.39 Å². The van der Waals surface area contributed by atoms with E-state index in [4.69, 9.17) is 9.47 Å². The predicted octanol–water partition coefficient (Wildman–Crippen LogP) is 6.73. The number of ether oxygens (including phenoxy) is 2. The smallest absolute Gasteiger partial charge is 0.130 e. The standard InChI is InChI=1S/C27H26F2O2/c1-4-21-24(22-12-11-20(31-3)16-27(22)29)13-17-9-10-19(30-2)15-23(17)25(21)14-18-7-5-6-8-26(18)28/h5-12,15-16,24H,4,13-14H2,1-3H3. The summed E-state index contributed by atoms with van der Waals surface area (Å²) in [6, 6.07) is 17.9. The second-order valence-corrected chi connectivity index (χ2v) is 7.79. The molecule has 0 amide bonds. The van der Waals surface area contributed by atoms with E-state index in [1.807, 2.05) is 36.4 Å². The number of halogens is 2. The summed E-state index contributed by atoms with van der Waals surface area (Å²) >= 11 is 0. The lowest BCUT2D eigenvalue weighted by molar-refractivity contribution is 0.410. The Balaban J connectivity index is 1.89. The zero-order valence-corrected chi connectivity index (χ0v) is 18.0. The fourth-order valence-corrected chi connectivity index (χ4v) is 4.58. The Kier molecular flexibility index (Phi) is 6.08. The van der Waals surface area contributed by atoms with Gasteiger partial charge in [0.25, 0.3) is 0 Å². The molecule has 3 aromatic carbocycles. The van der Waals surface area contributed by atoms with Crippen LogP contribution < -0.4 is 9.47 Å². The number of methoxy groups -OCH3 is 2. The van der Waals surface area contributed by atoms with Crippen LogP contribution in [-0.2, 0) is 12.8 Å². The zero-order valence-electron chi connectivity index (χ0n) is 18.0. The number of allylic oxidation sites excluding steroid dienone is 2. The Bertz CT molecular complexity index is 1130. The summed E-state index contributed by atoms with van der Waals surface area (Å²) in [4.78, 5) is 0. The van der Waals surface area contributed by atoms with Crippen LogP contribution in [0.5, 0.6) is 11.5 Å². The average Bonchev–Trinajstić information content (AvgIpc) is 2.79. The van der Waals surface area contributed by atoms with E-state index in [9.17, 15) is 4.39 Å². The summed E-state index contributed by atoms with van der Waals surface area (Å²) < 4.78 is 40.2. The number of hydrogen-bond donors (Lipinski definition) is 0. The van der Waals surface area contributed by atoms with Gasteiger partial charge in [-0.25, -0.2) is 8.78 Å². The van der Waals surface area contributed by atoms with E-state index in [0.717, 1.165) is 34.4 Å². The molecular formula is C27H26F2O2. The van der Waals surface area contributed by atoms with Crippen molar-refractivity contribution >= 4 is 5.57 Å². The van der Waals surface area contributed by atoms with Crippen molar-refractivity contribution in [3.05, 3.63) is 100 Å². The molecule has 1 aliphatic rings. The molecule has 0 radical (unpaired) electrons. The van der Waals surface area contributed by atoms with Gasteiger partial charge in [-0.1, -0.05) is 42.8 Å². The minimum atomic E-state index is -0.280. The van der Waals surface area contributed by atoms with Gasteiger partial charge in [0.05, 0.1) is 14.2 Å². The van der Waals surface area contributed by atoms with Gasteiger partial charge in [-0.2, -0.15) is 0 Å². The van der Waals surface area contributed by atoms with Gasteiger partial charge in [-0.05, 0) is 64.9 Å². The van der Waals surface area contributed by atoms with Crippen LogP contribution in [0.1, 0.15) is 41.5 Å². The van der Waals surface area contributed by atoms with E-state index in [0.29, 0.717) is 29.7 Å². The van der Waals surface area contributed by atoms with E-state index in [1.165, 1.54) is 19.2 Å². The van der Waals surface area contributed by atoms with Gasteiger partial charge < -0.3 is 9.47 Å². The molecule has 0 saturated heterocycles. The maximum absolute atomic E-state index is 15.1. The van der Waals surface area contributed by atoms with Crippen molar-refractivity contribution < 1.29 is 18.3 Å². The average molecular weight is 420 g/mol. The fraction of sp³-hybridized carbons (Fsp3) is 0.259. The normalized spacial score (nSPS) is 15.6. The van der Waals surface area contributed by atoms with Gasteiger partial charge in [0.15, 0.2) is 0 Å². The quantitative estimate of drug-likeness (QED) is 0.440. The maximum atomic E-state index is 15.1. The van der Waals surface area contributed by atoms with Gasteiger partial charge in [0.1, 0.15) is 23.1 Å². The summed E-state index contributed by atoms with van der Waals surface area (Å²) in [5.41, 5.74) is 5.63. The van der Waals surface area contributed by atoms with Crippen LogP contribution in [0, 0.1) is 11.6 Å². The molecule has 0 heterocycles. The molecule has 0 fully saturated rings. The van der Waals surface area contributed by atoms with Crippen molar-refractivity contribution in [2.24, 2.45) is 0 Å². The molecular weight excluding hydrogens is 394 g/mol. The van der Waals surface area contributed by atoms with E-state index in [-0.39, 0.29) is 17.6 Å². The van der Waals surface area contributed by atoms with Crippen LogP contribution in [0.4, 0.5) is 8.78 Å². The lowest BCUT2D eigenvalue weighted by Gasteiger charge is -2.32. The van der Waals surface area contributed by atoms with Crippen LogP contribution in [-0.4, -0.2) is 14.2 Å². The van der Waals surface area contributed by atoms with Crippen LogP contribution in [0.3, 0.4) is 0 Å². The molecule has 3 aromatic rings. The molecule has 0 aliphatic heterocycles. The number of fused-ring (bicyclic) bond motifs is 1. The highest BCUT2D eigenvalue weighted by Crippen LogP contribution is 2.45. The van der Waals surface area contributed by atoms with Crippen molar-refractivity contribution in [1.82, 2.24) is 0 Å². The molecule has 0 aromatic heterocycles. The summed E-state index contributed by atoms with van der Waals surface area (Å²) in [5.74, 6) is 0.633. The summed E-state index contributed by atoms with van der Waals surface area (Å²) in [5, 5.41) is 0. The first kappa shape index (κ1) is 21.1. The van der Waals surface area contributed by atoms with E-state index in [1.54, 1.807) is 19.2 Å². The Morgan fingerprint density at radius 3 is 2.26 bits per heavy atom. The molecule has 1 atom stereocenters. The third-order valence-electron chi connectivity index (χ3n) is 6.16. The molecule has 0 bridgehead atoms. The molecule has 4 heteroatoms. The minimum absolute atomic E-state index is 0.112. The third-order valence-corrected chi connectivity index (χ3v) is 6.16. The molecule has 2 nitrogen and oxygen atoms in total. The summed E-state index contributed by atoms with van der Waals surface area (Å²) in [6.45, 7) is 2.08. The molecule has 1 aliphatic carbocycles. The van der Waals surface area contributed by atoms with Gasteiger partial charge in [0, 0.05) is 18.4 Å². The number of benzene rings is 3. The number of rotatable bonds is 6. The Morgan fingerprint density at radius 2 is 1.58 bits per heavy atom. The van der Waals surface area contributed by atoms with Gasteiger partial charge in [-0.15, -0.1) is 0 Å². The minimum Gasteiger partial charge on any atom is -0.497 e. The molecule has 0 N–H and O–H groups in total. The molecule has 4 rings (SSSR count). The van der Waals surface area contributed by atoms with Gasteiger partial charge >= 0.3 is 0 Å². The highest BCUT2D eigenvalue weighted by Gasteiger charge is 2.30. The Labute approximate surface area is 182 Å². The Morgan fingerprint density at radius 1 is 0.871 bits per heavy atom. The van der Waals surface area contributed by atoms with Gasteiger partial charge in [-0.3, -0.25) is 0 Å². The fourth-order valence-electron chi connectivity index (χ4n) is 4.58. The first-order valence-corrected chi connectivity index (χ1v) is 10.5. The van der Waals surface area contributed by atoms with Crippen LogP contribution in [0.25, 0.3) is 5.57 Å². The Hall–Kier alpha value is -3.14. The second-order valence-electron chi connectivity index (χ2n) is 7.79. The predicted molar refractivity (Wildman–Crippen MR) is 120 cm³/mol. The van der Waals surface area contributed by atoms with Crippen LogP contribution >= 0.6 is 0 Å². The molecule has 0 saturated carbocycles. The topological polar surface area (TPSA) is 18.5 Å². The van der Waals surface area contributed by atoms with Crippen LogP contribution in [0.15, 0.2) is 66.2 Å². The lowest BCUT2D eigenvalue weighted by Crippen LogP contribution is -2.17. The SMILES string of the molecule is CCC1=C(Cc2ccccc2F)c2cc(OC)ccc2CC1c1ccc(OC)cc1F. The highest BCUT2D eigenvalue weighted by molar-refractivity contribution is 5.77. The van der Waals surface area contributed by atoms with Crippen molar-refractivity contribution in [1.29, 1.82) is 0 Å². The maximum Gasteiger partial charge on any atom is 0.130 e. The zero-order chi connectivity index (χ0) is 22.0.